The maximum absolute atomic E-state index is 13.0. The minimum absolute atomic E-state index is 0. The fraction of sp³-hybridized carbons (Fsp3) is 0.524. The van der Waals surface area contributed by atoms with E-state index in [9.17, 15) is 4.79 Å². The number of nitrogens with one attached hydrogen (secondary N) is 1. The van der Waals surface area contributed by atoms with Crippen LogP contribution in [0.5, 0.6) is 0 Å². The van der Waals surface area contributed by atoms with E-state index in [0.717, 1.165) is 56.1 Å². The number of halogens is 1. The number of hydrogen-bond donors (Lipinski definition) is 1. The van der Waals surface area contributed by atoms with Gasteiger partial charge in [0.15, 0.2) is 0 Å². The summed E-state index contributed by atoms with van der Waals surface area (Å²) in [4.78, 5) is 15.0. The van der Waals surface area contributed by atoms with Crippen LogP contribution in [0.2, 0.25) is 0 Å². The minimum atomic E-state index is 0. The Morgan fingerprint density at radius 2 is 1.93 bits per heavy atom. The van der Waals surface area contributed by atoms with Crippen LogP contribution in [-0.2, 0) is 13.0 Å². The molecule has 0 saturated carbocycles. The van der Waals surface area contributed by atoms with Crippen molar-refractivity contribution >= 4 is 18.3 Å². The molecule has 148 valence electrons. The van der Waals surface area contributed by atoms with E-state index in [1.165, 1.54) is 12.0 Å². The lowest BCUT2D eigenvalue weighted by atomic mass is 9.93. The first-order valence-electron chi connectivity index (χ1n) is 9.75. The van der Waals surface area contributed by atoms with Crippen molar-refractivity contribution in [3.05, 3.63) is 53.3 Å². The average Bonchev–Trinajstić information content (AvgIpc) is 3.09. The number of aromatic nitrogens is 2. The number of rotatable bonds is 7. The number of carbonyl (C=O) groups is 1. The Morgan fingerprint density at radius 1 is 1.22 bits per heavy atom. The molecule has 27 heavy (non-hydrogen) atoms. The average molecular weight is 391 g/mol. The molecule has 0 radical (unpaired) electrons. The normalized spacial score (nSPS) is 14.8. The molecule has 2 heterocycles. The number of carbonyl (C=O) groups excluding carboxylic acids is 1. The molecule has 1 aromatic carbocycles. The van der Waals surface area contributed by atoms with Crippen molar-refractivity contribution in [1.82, 2.24) is 20.0 Å². The molecule has 0 unspecified atom stereocenters. The highest BCUT2D eigenvalue weighted by Crippen LogP contribution is 2.23. The van der Waals surface area contributed by atoms with Gasteiger partial charge in [-0.2, -0.15) is 5.10 Å². The molecule has 0 atom stereocenters. The summed E-state index contributed by atoms with van der Waals surface area (Å²) in [5.74, 6) is 0.881. The van der Waals surface area contributed by atoms with Crippen LogP contribution >= 0.6 is 12.4 Å². The molecule has 1 N–H and O–H groups in total. The number of nitrogens with zero attached hydrogens (tertiary/aromatic N) is 3. The smallest absolute Gasteiger partial charge is 0.257 e. The first kappa shape index (κ1) is 21.5. The molecule has 2 aromatic rings. The van der Waals surface area contributed by atoms with Gasteiger partial charge in [-0.3, -0.25) is 9.48 Å². The maximum Gasteiger partial charge on any atom is 0.257 e. The fourth-order valence-corrected chi connectivity index (χ4v) is 3.80. The van der Waals surface area contributed by atoms with Gasteiger partial charge < -0.3 is 10.2 Å². The lowest BCUT2D eigenvalue weighted by Crippen LogP contribution is -2.39. The van der Waals surface area contributed by atoms with Gasteiger partial charge in [0.2, 0.25) is 0 Å². The molecule has 0 bridgehead atoms. The minimum Gasteiger partial charge on any atom is -0.339 e. The van der Waals surface area contributed by atoms with Crippen molar-refractivity contribution in [1.29, 1.82) is 0 Å². The largest absolute Gasteiger partial charge is 0.339 e. The molecule has 0 aliphatic carbocycles. The first-order chi connectivity index (χ1) is 12.7. The molecular formula is C21H31ClN4O. The van der Waals surface area contributed by atoms with E-state index in [0.29, 0.717) is 6.54 Å². The summed E-state index contributed by atoms with van der Waals surface area (Å²) in [5.41, 5.74) is 3.02. The number of hydrogen-bond acceptors (Lipinski definition) is 3. The van der Waals surface area contributed by atoms with Crippen molar-refractivity contribution < 1.29 is 4.79 Å². The van der Waals surface area contributed by atoms with Crippen LogP contribution in [0.25, 0.3) is 0 Å². The predicted molar refractivity (Wildman–Crippen MR) is 112 cm³/mol. The Hall–Kier alpha value is -1.85. The molecule has 1 aliphatic heterocycles. The monoisotopic (exact) mass is 390 g/mol. The highest BCUT2D eigenvalue weighted by atomic mass is 35.5. The second kappa shape index (κ2) is 10.5. The van der Waals surface area contributed by atoms with Gasteiger partial charge in [0, 0.05) is 13.1 Å². The fourth-order valence-electron chi connectivity index (χ4n) is 3.80. The zero-order valence-electron chi connectivity index (χ0n) is 16.4. The highest BCUT2D eigenvalue weighted by molar-refractivity contribution is 5.95. The van der Waals surface area contributed by atoms with Crippen LogP contribution in [-0.4, -0.2) is 47.3 Å². The standard InChI is InChI=1S/C21H30N4O.ClH/c1-3-20-19(15-23-25(20)16-18-7-5-4-6-8-18)21(26)24-13-10-17(11-14-24)9-12-22-2;/h4-8,15,17,22H,3,9-14,16H2,1-2H3;1H. The van der Waals surface area contributed by atoms with Crippen molar-refractivity contribution in [2.75, 3.05) is 26.7 Å². The Morgan fingerprint density at radius 3 is 2.56 bits per heavy atom. The summed E-state index contributed by atoms with van der Waals surface area (Å²) < 4.78 is 1.97. The van der Waals surface area contributed by atoms with E-state index >= 15 is 0 Å². The van der Waals surface area contributed by atoms with Gasteiger partial charge in [0.25, 0.3) is 5.91 Å². The Bertz CT molecular complexity index is 708. The van der Waals surface area contributed by atoms with E-state index in [1.807, 2.05) is 34.8 Å². The zero-order valence-corrected chi connectivity index (χ0v) is 17.2. The van der Waals surface area contributed by atoms with Crippen molar-refractivity contribution in [2.24, 2.45) is 5.92 Å². The molecule has 5 nitrogen and oxygen atoms in total. The van der Waals surface area contributed by atoms with Crippen LogP contribution in [0, 0.1) is 5.92 Å². The molecule has 1 aromatic heterocycles. The lowest BCUT2D eigenvalue weighted by Gasteiger charge is -2.32. The Balaban J connectivity index is 0.00000261. The molecule has 1 aliphatic rings. The van der Waals surface area contributed by atoms with Gasteiger partial charge in [-0.05, 0) is 50.8 Å². The second-order valence-electron chi connectivity index (χ2n) is 7.13. The third-order valence-electron chi connectivity index (χ3n) is 5.39. The van der Waals surface area contributed by atoms with Crippen molar-refractivity contribution in [2.45, 2.75) is 39.2 Å². The van der Waals surface area contributed by atoms with E-state index in [4.69, 9.17) is 0 Å². The maximum atomic E-state index is 13.0. The Kier molecular flexibility index (Phi) is 8.32. The van der Waals surface area contributed by atoms with Gasteiger partial charge in [0.05, 0.1) is 24.0 Å². The van der Waals surface area contributed by atoms with E-state index in [1.54, 1.807) is 6.20 Å². The predicted octanol–water partition coefficient (Wildman–Crippen LogP) is 3.38. The van der Waals surface area contributed by atoms with Crippen LogP contribution < -0.4 is 5.32 Å². The number of benzene rings is 1. The molecule has 6 heteroatoms. The van der Waals surface area contributed by atoms with E-state index < -0.39 is 0 Å². The molecule has 3 rings (SSSR count). The summed E-state index contributed by atoms with van der Waals surface area (Å²) in [6, 6.07) is 10.3. The second-order valence-corrected chi connectivity index (χ2v) is 7.13. The highest BCUT2D eigenvalue weighted by Gasteiger charge is 2.26. The number of likely N-dealkylation sites (tertiary alicyclic amines) is 1. The summed E-state index contributed by atoms with van der Waals surface area (Å²) in [5, 5.41) is 7.74. The molecular weight excluding hydrogens is 360 g/mol. The van der Waals surface area contributed by atoms with Crippen molar-refractivity contribution in [3.63, 3.8) is 0 Å². The third-order valence-corrected chi connectivity index (χ3v) is 5.39. The van der Waals surface area contributed by atoms with Crippen LogP contribution in [0.3, 0.4) is 0 Å². The first-order valence-corrected chi connectivity index (χ1v) is 9.75. The van der Waals surface area contributed by atoms with Crippen LogP contribution in [0.4, 0.5) is 0 Å². The van der Waals surface area contributed by atoms with Gasteiger partial charge in [-0.1, -0.05) is 37.3 Å². The molecule has 1 saturated heterocycles. The zero-order chi connectivity index (χ0) is 18.4. The Labute approximate surface area is 168 Å². The summed E-state index contributed by atoms with van der Waals surface area (Å²) >= 11 is 0. The summed E-state index contributed by atoms with van der Waals surface area (Å²) in [7, 11) is 2.00. The summed E-state index contributed by atoms with van der Waals surface area (Å²) in [6.45, 7) is 5.59. The number of piperidine rings is 1. The van der Waals surface area contributed by atoms with Gasteiger partial charge in [-0.15, -0.1) is 12.4 Å². The lowest BCUT2D eigenvalue weighted by molar-refractivity contribution is 0.0686. The molecule has 1 amide bonds. The summed E-state index contributed by atoms with van der Waals surface area (Å²) in [6.07, 6.45) is 5.98. The van der Waals surface area contributed by atoms with E-state index in [-0.39, 0.29) is 18.3 Å². The number of amides is 1. The van der Waals surface area contributed by atoms with E-state index in [2.05, 4.69) is 29.5 Å². The molecule has 1 fully saturated rings. The van der Waals surface area contributed by atoms with Gasteiger partial charge in [0.1, 0.15) is 0 Å². The van der Waals surface area contributed by atoms with Crippen LogP contribution in [0.15, 0.2) is 36.5 Å². The SMILES string of the molecule is CCc1c(C(=O)N2CCC(CCNC)CC2)cnn1Cc1ccccc1.Cl. The van der Waals surface area contributed by atoms with Crippen molar-refractivity contribution in [3.8, 4) is 0 Å². The van der Waals surface area contributed by atoms with Gasteiger partial charge >= 0.3 is 0 Å². The van der Waals surface area contributed by atoms with Gasteiger partial charge in [-0.25, -0.2) is 0 Å². The topological polar surface area (TPSA) is 50.2 Å². The molecule has 0 spiro atoms. The quantitative estimate of drug-likeness (QED) is 0.788. The third kappa shape index (κ3) is 5.33. The van der Waals surface area contributed by atoms with Crippen LogP contribution in [0.1, 0.15) is 47.8 Å².